The van der Waals surface area contributed by atoms with Gasteiger partial charge in [-0.15, -0.1) is 0 Å². The molecule has 9 aromatic rings. The maximum atomic E-state index is 2.45. The lowest BCUT2D eigenvalue weighted by atomic mass is 9.67. The van der Waals surface area contributed by atoms with Crippen molar-refractivity contribution in [2.24, 2.45) is 0 Å². The Kier molecular flexibility index (Phi) is 8.46. The van der Waals surface area contributed by atoms with Crippen molar-refractivity contribution in [2.45, 2.75) is 5.41 Å². The molecule has 56 heavy (non-hydrogen) atoms. The first-order valence-electron chi connectivity index (χ1n) is 19.4. The van der Waals surface area contributed by atoms with E-state index in [1.165, 1.54) is 66.8 Å². The third-order valence-electron chi connectivity index (χ3n) is 11.4. The smallest absolute Gasteiger partial charge is 0.0714 e. The van der Waals surface area contributed by atoms with Gasteiger partial charge in [-0.1, -0.05) is 200 Å². The summed E-state index contributed by atoms with van der Waals surface area (Å²) in [7, 11) is 0. The molecule has 0 amide bonds. The fraction of sp³-hybridized carbons (Fsp3) is 0.0182. The van der Waals surface area contributed by atoms with E-state index < -0.39 is 5.41 Å². The molecule has 0 radical (unpaired) electrons. The van der Waals surface area contributed by atoms with Crippen LogP contribution in [0.15, 0.2) is 237 Å². The van der Waals surface area contributed by atoms with Crippen LogP contribution in [0.3, 0.4) is 0 Å². The summed E-state index contributed by atoms with van der Waals surface area (Å²) in [4.78, 5) is 2.40. The van der Waals surface area contributed by atoms with Crippen LogP contribution < -0.4 is 4.90 Å². The largest absolute Gasteiger partial charge is 0.310 e. The first kappa shape index (κ1) is 33.4. The Hall–Kier alpha value is -7.22. The third-order valence-corrected chi connectivity index (χ3v) is 11.4. The highest BCUT2D eigenvalue weighted by molar-refractivity contribution is 5.97. The summed E-state index contributed by atoms with van der Waals surface area (Å²) in [5.41, 5.74) is 17.7. The Morgan fingerprint density at radius 1 is 0.268 bits per heavy atom. The average Bonchev–Trinajstić information content (AvgIpc) is 3.59. The quantitative estimate of drug-likeness (QED) is 0.152. The molecule has 10 rings (SSSR count). The SMILES string of the molecule is c1ccc(-c2ccccc2-c2ccc(N(c3ccccc3)c3ccc4c(c3)C(c3ccccc3)(c3ccccc3)c3cccc(-c5ccccc5)c3-4)cc2)cc1. The van der Waals surface area contributed by atoms with Gasteiger partial charge in [0.05, 0.1) is 5.41 Å². The van der Waals surface area contributed by atoms with Crippen LogP contribution in [0.5, 0.6) is 0 Å². The molecule has 0 atom stereocenters. The van der Waals surface area contributed by atoms with E-state index in [1.807, 2.05) is 0 Å². The summed E-state index contributed by atoms with van der Waals surface area (Å²) >= 11 is 0. The van der Waals surface area contributed by atoms with Gasteiger partial charge in [0.15, 0.2) is 0 Å². The summed E-state index contributed by atoms with van der Waals surface area (Å²) < 4.78 is 0. The highest BCUT2D eigenvalue weighted by Crippen LogP contribution is 2.59. The van der Waals surface area contributed by atoms with Gasteiger partial charge in [0.25, 0.3) is 0 Å². The van der Waals surface area contributed by atoms with E-state index in [0.717, 1.165) is 17.1 Å². The molecule has 1 heteroatoms. The molecule has 0 saturated heterocycles. The number of nitrogens with zero attached hydrogens (tertiary/aromatic N) is 1. The number of hydrogen-bond acceptors (Lipinski definition) is 1. The van der Waals surface area contributed by atoms with Gasteiger partial charge in [0, 0.05) is 17.1 Å². The molecule has 1 aliphatic carbocycles. The van der Waals surface area contributed by atoms with E-state index in [-0.39, 0.29) is 0 Å². The number of hydrogen-bond donors (Lipinski definition) is 0. The first-order chi connectivity index (χ1) is 27.8. The average molecular weight is 714 g/mol. The summed E-state index contributed by atoms with van der Waals surface area (Å²) in [5.74, 6) is 0. The maximum Gasteiger partial charge on any atom is 0.0714 e. The lowest BCUT2D eigenvalue weighted by Crippen LogP contribution is -2.28. The summed E-state index contributed by atoms with van der Waals surface area (Å²) in [6.45, 7) is 0. The minimum Gasteiger partial charge on any atom is -0.310 e. The molecular weight excluding hydrogens is 675 g/mol. The predicted molar refractivity (Wildman–Crippen MR) is 235 cm³/mol. The van der Waals surface area contributed by atoms with Crippen molar-refractivity contribution in [3.63, 3.8) is 0 Å². The highest BCUT2D eigenvalue weighted by Gasteiger charge is 2.47. The summed E-state index contributed by atoms with van der Waals surface area (Å²) in [5, 5.41) is 0. The van der Waals surface area contributed by atoms with Crippen LogP contribution >= 0.6 is 0 Å². The van der Waals surface area contributed by atoms with Gasteiger partial charge in [0.1, 0.15) is 0 Å². The number of rotatable bonds is 8. The van der Waals surface area contributed by atoms with Crippen molar-refractivity contribution in [3.8, 4) is 44.5 Å². The Balaban J connectivity index is 1.19. The molecule has 0 aliphatic heterocycles. The van der Waals surface area contributed by atoms with Gasteiger partial charge in [-0.25, -0.2) is 0 Å². The van der Waals surface area contributed by atoms with Gasteiger partial charge in [-0.2, -0.15) is 0 Å². The molecule has 264 valence electrons. The second-order valence-electron chi connectivity index (χ2n) is 14.4. The molecular formula is C55H39N. The van der Waals surface area contributed by atoms with E-state index in [9.17, 15) is 0 Å². The lowest BCUT2D eigenvalue weighted by Gasteiger charge is -2.35. The molecule has 0 unspecified atom stereocenters. The number of fused-ring (bicyclic) bond motifs is 3. The molecule has 9 aromatic carbocycles. The van der Waals surface area contributed by atoms with Crippen molar-refractivity contribution >= 4 is 17.1 Å². The van der Waals surface area contributed by atoms with E-state index >= 15 is 0 Å². The lowest BCUT2D eigenvalue weighted by molar-refractivity contribution is 0.768. The van der Waals surface area contributed by atoms with Gasteiger partial charge in [0.2, 0.25) is 0 Å². The zero-order valence-electron chi connectivity index (χ0n) is 31.0. The molecule has 0 spiro atoms. The summed E-state index contributed by atoms with van der Waals surface area (Å²) in [6.07, 6.45) is 0. The van der Waals surface area contributed by atoms with Gasteiger partial charge >= 0.3 is 0 Å². The molecule has 1 nitrogen and oxygen atoms in total. The topological polar surface area (TPSA) is 3.24 Å². The van der Waals surface area contributed by atoms with Crippen LogP contribution in [0.2, 0.25) is 0 Å². The molecule has 1 aliphatic rings. The number of benzene rings is 9. The van der Waals surface area contributed by atoms with Crippen LogP contribution in [-0.4, -0.2) is 0 Å². The van der Waals surface area contributed by atoms with Crippen LogP contribution in [0, 0.1) is 0 Å². The second-order valence-corrected chi connectivity index (χ2v) is 14.4. The minimum atomic E-state index is -0.540. The van der Waals surface area contributed by atoms with Crippen LogP contribution in [0.4, 0.5) is 17.1 Å². The van der Waals surface area contributed by atoms with Gasteiger partial charge in [-0.3, -0.25) is 0 Å². The molecule has 0 aromatic heterocycles. The standard InChI is InChI=1S/C55H39N/c1-6-19-40(20-7-1)48-29-16-17-30-49(48)42-33-35-46(36-34-42)56(45-27-14-5-15-28-45)47-37-38-51-53(39-47)55(43-23-10-3-11-24-43,44-25-12-4-13-26-44)52-32-18-31-50(54(51)52)41-21-8-2-9-22-41/h1-39H. The van der Waals surface area contributed by atoms with Crippen molar-refractivity contribution in [1.82, 2.24) is 0 Å². The first-order valence-corrected chi connectivity index (χ1v) is 19.4. The van der Waals surface area contributed by atoms with Crippen molar-refractivity contribution in [2.75, 3.05) is 4.90 Å². The Labute approximate surface area is 329 Å². The van der Waals surface area contributed by atoms with E-state index in [1.54, 1.807) is 0 Å². The second kappa shape index (κ2) is 14.2. The Morgan fingerprint density at radius 3 is 1.27 bits per heavy atom. The van der Waals surface area contributed by atoms with Crippen molar-refractivity contribution in [1.29, 1.82) is 0 Å². The van der Waals surface area contributed by atoms with Crippen LogP contribution in [0.1, 0.15) is 22.3 Å². The van der Waals surface area contributed by atoms with E-state index in [4.69, 9.17) is 0 Å². The van der Waals surface area contributed by atoms with Crippen LogP contribution in [-0.2, 0) is 5.41 Å². The van der Waals surface area contributed by atoms with Gasteiger partial charge in [-0.05, 0) is 103 Å². The zero-order chi connectivity index (χ0) is 37.3. The molecule has 0 bridgehead atoms. The Bertz CT molecular complexity index is 2720. The van der Waals surface area contributed by atoms with E-state index in [0.29, 0.717) is 0 Å². The Morgan fingerprint density at radius 2 is 0.696 bits per heavy atom. The van der Waals surface area contributed by atoms with Crippen LogP contribution in [0.25, 0.3) is 44.5 Å². The third kappa shape index (κ3) is 5.56. The predicted octanol–water partition coefficient (Wildman–Crippen LogP) is 14.5. The molecule has 0 saturated carbocycles. The fourth-order valence-electron chi connectivity index (χ4n) is 8.94. The monoisotopic (exact) mass is 713 g/mol. The normalized spacial score (nSPS) is 12.4. The number of anilines is 3. The van der Waals surface area contributed by atoms with Crippen molar-refractivity contribution in [3.05, 3.63) is 259 Å². The van der Waals surface area contributed by atoms with Gasteiger partial charge < -0.3 is 4.90 Å². The van der Waals surface area contributed by atoms with E-state index in [2.05, 4.69) is 241 Å². The minimum absolute atomic E-state index is 0.540. The van der Waals surface area contributed by atoms with Crippen molar-refractivity contribution < 1.29 is 0 Å². The molecule has 0 heterocycles. The zero-order valence-corrected chi connectivity index (χ0v) is 31.0. The maximum absolute atomic E-state index is 2.45. The molecule has 0 N–H and O–H groups in total. The highest BCUT2D eigenvalue weighted by atomic mass is 15.1. The number of para-hydroxylation sites is 1. The molecule has 0 fully saturated rings. The fourth-order valence-corrected chi connectivity index (χ4v) is 8.94. The summed E-state index contributed by atoms with van der Waals surface area (Å²) in [6, 6.07) is 86.1.